The molecule has 1 amide bonds. The van der Waals surface area contributed by atoms with Crippen LogP contribution in [0.5, 0.6) is 0 Å². The molecule has 3 aromatic rings. The molecular formula is C20H19N3O4S. The van der Waals surface area contributed by atoms with Crippen LogP contribution in [0.1, 0.15) is 27.4 Å². The van der Waals surface area contributed by atoms with Crippen molar-refractivity contribution in [2.24, 2.45) is 0 Å². The number of hydrogen-bond acceptors (Lipinski definition) is 5. The van der Waals surface area contributed by atoms with Crippen molar-refractivity contribution in [2.75, 3.05) is 4.72 Å². The molecular weight excluding hydrogens is 378 g/mol. The summed E-state index contributed by atoms with van der Waals surface area (Å²) in [5, 5.41) is 7.56. The van der Waals surface area contributed by atoms with Crippen molar-refractivity contribution in [3.63, 3.8) is 0 Å². The highest BCUT2D eigenvalue weighted by molar-refractivity contribution is 7.95. The quantitative estimate of drug-likeness (QED) is 0.637. The van der Waals surface area contributed by atoms with Gasteiger partial charge in [0.1, 0.15) is 0 Å². The van der Waals surface area contributed by atoms with E-state index in [1.54, 1.807) is 37.3 Å². The first-order chi connectivity index (χ1) is 13.4. The monoisotopic (exact) mass is 397 g/mol. The molecule has 0 bridgehead atoms. The maximum Gasteiger partial charge on any atom is 0.255 e. The van der Waals surface area contributed by atoms with Crippen LogP contribution in [0.25, 0.3) is 6.08 Å². The van der Waals surface area contributed by atoms with Crippen LogP contribution < -0.4 is 10.0 Å². The molecule has 8 heteroatoms. The Balaban J connectivity index is 1.58. The highest BCUT2D eigenvalue weighted by Crippen LogP contribution is 2.13. The molecule has 7 nitrogen and oxygen atoms in total. The molecule has 0 saturated carbocycles. The fourth-order valence-electron chi connectivity index (χ4n) is 2.39. The molecule has 1 aromatic heterocycles. The second-order valence-electron chi connectivity index (χ2n) is 6.06. The van der Waals surface area contributed by atoms with E-state index in [2.05, 4.69) is 15.2 Å². The predicted octanol–water partition coefficient (Wildman–Crippen LogP) is 3.33. The minimum absolute atomic E-state index is 0.221. The van der Waals surface area contributed by atoms with Crippen molar-refractivity contribution in [3.05, 3.63) is 88.7 Å². The zero-order chi connectivity index (χ0) is 20.0. The number of nitrogens with zero attached hydrogens (tertiary/aromatic N) is 1. The van der Waals surface area contributed by atoms with Gasteiger partial charge in [0.2, 0.25) is 0 Å². The van der Waals surface area contributed by atoms with Gasteiger partial charge in [-0.25, -0.2) is 8.42 Å². The summed E-state index contributed by atoms with van der Waals surface area (Å²) in [6, 6.07) is 17.0. The number of nitrogens with one attached hydrogen (secondary N) is 2. The Labute approximate surface area is 163 Å². The number of carbonyl (C=O) groups excluding carboxylic acids is 1. The Morgan fingerprint density at radius 3 is 2.46 bits per heavy atom. The minimum Gasteiger partial charge on any atom is -0.359 e. The summed E-state index contributed by atoms with van der Waals surface area (Å²) >= 11 is 0. The van der Waals surface area contributed by atoms with Gasteiger partial charge in [-0.1, -0.05) is 35.5 Å². The minimum atomic E-state index is -3.66. The zero-order valence-corrected chi connectivity index (χ0v) is 15.9. The predicted molar refractivity (Wildman–Crippen MR) is 107 cm³/mol. The number of sulfonamides is 1. The fraction of sp³-hybridized carbons (Fsp3) is 0.100. The van der Waals surface area contributed by atoms with E-state index in [1.165, 1.54) is 18.2 Å². The first kappa shape index (κ1) is 19.4. The lowest BCUT2D eigenvalue weighted by molar-refractivity contribution is 0.0947. The average molecular weight is 397 g/mol. The van der Waals surface area contributed by atoms with Crippen molar-refractivity contribution in [2.45, 2.75) is 13.5 Å². The van der Waals surface area contributed by atoms with Crippen molar-refractivity contribution >= 4 is 27.7 Å². The molecule has 0 atom stereocenters. The Hall–Kier alpha value is -3.39. The van der Waals surface area contributed by atoms with Crippen LogP contribution in [0.3, 0.4) is 0 Å². The number of amides is 1. The highest BCUT2D eigenvalue weighted by atomic mass is 32.2. The molecule has 0 aliphatic heterocycles. The lowest BCUT2D eigenvalue weighted by Gasteiger charge is -2.06. The molecule has 2 aromatic carbocycles. The SMILES string of the molecule is Cc1cc(CNC(=O)c2ccc(NS(=O)(=O)/C=C/c3ccccc3)cc2)on1. The third kappa shape index (κ3) is 5.55. The van der Waals surface area contributed by atoms with Crippen molar-refractivity contribution in [3.8, 4) is 0 Å². The van der Waals surface area contributed by atoms with Gasteiger partial charge < -0.3 is 9.84 Å². The summed E-state index contributed by atoms with van der Waals surface area (Å²) in [5.41, 5.74) is 2.28. The van der Waals surface area contributed by atoms with Gasteiger partial charge in [-0.3, -0.25) is 9.52 Å². The molecule has 3 rings (SSSR count). The number of carbonyl (C=O) groups is 1. The number of aromatic nitrogens is 1. The van der Waals surface area contributed by atoms with Gasteiger partial charge >= 0.3 is 0 Å². The Bertz CT molecular complexity index is 1070. The summed E-state index contributed by atoms with van der Waals surface area (Å²) < 4.78 is 31.8. The molecule has 0 spiro atoms. The summed E-state index contributed by atoms with van der Waals surface area (Å²) in [4.78, 5) is 12.2. The Morgan fingerprint density at radius 2 is 1.82 bits per heavy atom. The van der Waals surface area contributed by atoms with Crippen LogP contribution in [0.4, 0.5) is 5.69 Å². The molecule has 0 aliphatic carbocycles. The molecule has 0 radical (unpaired) electrons. The lowest BCUT2D eigenvalue weighted by Crippen LogP contribution is -2.22. The standard InChI is InChI=1S/C20H19N3O4S/c1-15-13-19(27-22-15)14-21-20(24)17-7-9-18(10-8-17)23-28(25,26)12-11-16-5-3-2-4-6-16/h2-13,23H,14H2,1H3,(H,21,24)/b12-11+. The molecule has 1 heterocycles. The number of anilines is 1. The number of aryl methyl sites for hydroxylation is 1. The van der Waals surface area contributed by atoms with Gasteiger partial charge in [0.25, 0.3) is 15.9 Å². The highest BCUT2D eigenvalue weighted by Gasteiger charge is 2.09. The van der Waals surface area contributed by atoms with Crippen LogP contribution in [-0.2, 0) is 16.6 Å². The van der Waals surface area contributed by atoms with Gasteiger partial charge in [-0.15, -0.1) is 0 Å². The van der Waals surface area contributed by atoms with E-state index in [4.69, 9.17) is 4.52 Å². The second kappa shape index (κ2) is 8.53. The first-order valence-electron chi connectivity index (χ1n) is 8.48. The fourth-order valence-corrected chi connectivity index (χ4v) is 3.26. The van der Waals surface area contributed by atoms with E-state index in [1.807, 2.05) is 18.2 Å². The van der Waals surface area contributed by atoms with E-state index in [0.29, 0.717) is 17.0 Å². The van der Waals surface area contributed by atoms with E-state index in [0.717, 1.165) is 16.7 Å². The lowest BCUT2D eigenvalue weighted by atomic mass is 10.2. The van der Waals surface area contributed by atoms with E-state index < -0.39 is 10.0 Å². The van der Waals surface area contributed by atoms with E-state index >= 15 is 0 Å². The van der Waals surface area contributed by atoms with Crippen LogP contribution >= 0.6 is 0 Å². The van der Waals surface area contributed by atoms with Crippen LogP contribution in [0.15, 0.2) is 70.6 Å². The van der Waals surface area contributed by atoms with Gasteiger partial charge in [0.15, 0.2) is 5.76 Å². The van der Waals surface area contributed by atoms with Crippen molar-refractivity contribution in [1.82, 2.24) is 10.5 Å². The molecule has 0 aliphatic rings. The van der Waals surface area contributed by atoms with Crippen LogP contribution in [-0.4, -0.2) is 19.5 Å². The van der Waals surface area contributed by atoms with Gasteiger partial charge in [0, 0.05) is 17.3 Å². The van der Waals surface area contributed by atoms with Crippen LogP contribution in [0, 0.1) is 6.92 Å². The molecule has 2 N–H and O–H groups in total. The first-order valence-corrected chi connectivity index (χ1v) is 10.0. The van der Waals surface area contributed by atoms with Crippen molar-refractivity contribution in [1.29, 1.82) is 0 Å². The smallest absolute Gasteiger partial charge is 0.255 e. The Kier molecular flexibility index (Phi) is 5.90. The molecule has 0 fully saturated rings. The summed E-state index contributed by atoms with van der Waals surface area (Å²) in [6.07, 6.45) is 1.51. The van der Waals surface area contributed by atoms with Gasteiger partial charge in [0.05, 0.1) is 17.6 Å². The number of hydrogen-bond donors (Lipinski definition) is 2. The average Bonchev–Trinajstić information content (AvgIpc) is 3.11. The molecule has 0 saturated heterocycles. The molecule has 144 valence electrons. The number of rotatable bonds is 7. The second-order valence-corrected chi connectivity index (χ2v) is 7.62. The van der Waals surface area contributed by atoms with E-state index in [9.17, 15) is 13.2 Å². The Morgan fingerprint density at radius 1 is 1.11 bits per heavy atom. The largest absolute Gasteiger partial charge is 0.359 e. The van der Waals surface area contributed by atoms with Crippen molar-refractivity contribution < 1.29 is 17.7 Å². The summed E-state index contributed by atoms with van der Waals surface area (Å²) in [5.74, 6) is 0.257. The molecule has 28 heavy (non-hydrogen) atoms. The number of benzene rings is 2. The maximum atomic E-state index is 12.2. The normalized spacial score (nSPS) is 11.5. The summed E-state index contributed by atoms with van der Waals surface area (Å²) in [6.45, 7) is 2.02. The van der Waals surface area contributed by atoms with Crippen LogP contribution in [0.2, 0.25) is 0 Å². The van der Waals surface area contributed by atoms with Gasteiger partial charge in [-0.2, -0.15) is 0 Å². The topological polar surface area (TPSA) is 101 Å². The third-order valence-corrected chi connectivity index (χ3v) is 4.76. The third-order valence-electron chi connectivity index (χ3n) is 3.75. The maximum absolute atomic E-state index is 12.2. The van der Waals surface area contributed by atoms with Gasteiger partial charge in [-0.05, 0) is 42.8 Å². The molecule has 0 unspecified atom stereocenters. The van der Waals surface area contributed by atoms with E-state index in [-0.39, 0.29) is 12.5 Å². The zero-order valence-electron chi connectivity index (χ0n) is 15.1. The summed E-state index contributed by atoms with van der Waals surface area (Å²) in [7, 11) is -3.66.